The van der Waals surface area contributed by atoms with Crippen LogP contribution >= 0.6 is 0 Å². The molecular weight excluding hydrogens is 230 g/mol. The van der Waals surface area contributed by atoms with E-state index < -0.39 is 0 Å². The van der Waals surface area contributed by atoms with Crippen molar-refractivity contribution < 1.29 is 0 Å². The Morgan fingerprint density at radius 2 is 1.84 bits per heavy atom. The van der Waals surface area contributed by atoms with E-state index in [1.54, 1.807) is 0 Å². The third-order valence-corrected chi connectivity index (χ3v) is 4.65. The van der Waals surface area contributed by atoms with Gasteiger partial charge in [0.05, 0.1) is 0 Å². The molecule has 1 fully saturated rings. The summed E-state index contributed by atoms with van der Waals surface area (Å²) >= 11 is 0. The van der Waals surface area contributed by atoms with Gasteiger partial charge in [-0.25, -0.2) is 0 Å². The molecule has 19 heavy (non-hydrogen) atoms. The van der Waals surface area contributed by atoms with Crippen molar-refractivity contribution in [3.05, 3.63) is 35.4 Å². The Bertz CT molecular complexity index is 379. The minimum atomic E-state index is 0.533. The third kappa shape index (κ3) is 3.60. The fourth-order valence-electron chi connectivity index (χ4n) is 3.63. The Morgan fingerprint density at radius 3 is 2.32 bits per heavy atom. The van der Waals surface area contributed by atoms with Crippen molar-refractivity contribution in [2.45, 2.75) is 52.5 Å². The molecule has 0 radical (unpaired) electrons. The first-order chi connectivity index (χ1) is 9.11. The summed E-state index contributed by atoms with van der Waals surface area (Å²) in [6.45, 7) is 6.98. The van der Waals surface area contributed by atoms with Gasteiger partial charge < -0.3 is 5.32 Å². The summed E-state index contributed by atoms with van der Waals surface area (Å²) in [7, 11) is 2.11. The molecule has 1 nitrogen and oxygen atoms in total. The fraction of sp³-hybridized carbons (Fsp3) is 0.667. The van der Waals surface area contributed by atoms with Crippen molar-refractivity contribution in [2.24, 2.45) is 17.8 Å². The number of hydrogen-bond donors (Lipinski definition) is 1. The smallest absolute Gasteiger partial charge is 0.0348 e. The van der Waals surface area contributed by atoms with Gasteiger partial charge in [0.1, 0.15) is 0 Å². The van der Waals surface area contributed by atoms with Gasteiger partial charge in [0.25, 0.3) is 0 Å². The molecule has 1 saturated carbocycles. The Labute approximate surface area is 118 Å². The van der Waals surface area contributed by atoms with Crippen LogP contribution in [0, 0.1) is 17.8 Å². The molecule has 3 unspecified atom stereocenters. The second-order valence-electron chi connectivity index (χ2n) is 6.68. The van der Waals surface area contributed by atoms with E-state index in [1.807, 2.05) is 0 Å². The number of nitrogens with one attached hydrogen (secondary N) is 1. The summed E-state index contributed by atoms with van der Waals surface area (Å²) in [6.07, 6.45) is 5.36. The summed E-state index contributed by atoms with van der Waals surface area (Å²) in [5, 5.41) is 3.55. The van der Waals surface area contributed by atoms with E-state index in [9.17, 15) is 0 Å². The Hall–Kier alpha value is -0.820. The lowest BCUT2D eigenvalue weighted by Crippen LogP contribution is -2.26. The molecule has 3 atom stereocenters. The van der Waals surface area contributed by atoms with Crippen molar-refractivity contribution in [3.63, 3.8) is 0 Å². The van der Waals surface area contributed by atoms with Gasteiger partial charge in [-0.15, -0.1) is 0 Å². The van der Waals surface area contributed by atoms with E-state index in [0.29, 0.717) is 6.04 Å². The molecule has 1 aliphatic carbocycles. The van der Waals surface area contributed by atoms with Crippen molar-refractivity contribution in [3.8, 4) is 0 Å². The molecule has 2 rings (SSSR count). The van der Waals surface area contributed by atoms with Gasteiger partial charge in [0.2, 0.25) is 0 Å². The van der Waals surface area contributed by atoms with Crippen molar-refractivity contribution in [2.75, 3.05) is 7.05 Å². The van der Waals surface area contributed by atoms with Crippen LogP contribution in [0.4, 0.5) is 0 Å². The van der Waals surface area contributed by atoms with E-state index in [0.717, 1.165) is 17.8 Å². The highest BCUT2D eigenvalue weighted by molar-refractivity contribution is 5.26. The lowest BCUT2D eigenvalue weighted by molar-refractivity contribution is 0.315. The normalized spacial score (nSPS) is 24.9. The standard InChI is InChI=1S/C18H29N/c1-13(2)12-15-8-10-16(11-9-15)18(19-4)17-7-5-6-14(17)3/h8-11,13-14,17-19H,5-7,12H2,1-4H3. The summed E-state index contributed by atoms with van der Waals surface area (Å²) in [5.74, 6) is 2.40. The maximum Gasteiger partial charge on any atom is 0.0348 e. The molecule has 1 aromatic carbocycles. The minimum Gasteiger partial charge on any atom is -0.313 e. The zero-order chi connectivity index (χ0) is 13.8. The van der Waals surface area contributed by atoms with Crippen LogP contribution in [-0.4, -0.2) is 7.05 Å². The summed E-state index contributed by atoms with van der Waals surface area (Å²) in [5.41, 5.74) is 2.93. The van der Waals surface area contributed by atoms with E-state index in [4.69, 9.17) is 0 Å². The van der Waals surface area contributed by atoms with Gasteiger partial charge in [-0.3, -0.25) is 0 Å². The number of rotatable bonds is 5. The van der Waals surface area contributed by atoms with Crippen LogP contribution in [0.2, 0.25) is 0 Å². The van der Waals surface area contributed by atoms with Crippen LogP contribution in [0.5, 0.6) is 0 Å². The Kier molecular flexibility index (Phi) is 5.04. The van der Waals surface area contributed by atoms with Crippen molar-refractivity contribution >= 4 is 0 Å². The molecule has 1 heteroatoms. The van der Waals surface area contributed by atoms with Gasteiger partial charge in [-0.05, 0) is 48.8 Å². The SMILES string of the molecule is CNC(c1ccc(CC(C)C)cc1)C1CCCC1C. The Morgan fingerprint density at radius 1 is 1.16 bits per heavy atom. The monoisotopic (exact) mass is 259 g/mol. The van der Waals surface area contributed by atoms with Crippen LogP contribution in [0.1, 0.15) is 57.2 Å². The van der Waals surface area contributed by atoms with Crippen LogP contribution in [-0.2, 0) is 6.42 Å². The quantitative estimate of drug-likeness (QED) is 0.816. The largest absolute Gasteiger partial charge is 0.313 e. The van der Waals surface area contributed by atoms with Crippen molar-refractivity contribution in [1.29, 1.82) is 0 Å². The van der Waals surface area contributed by atoms with Gasteiger partial charge in [-0.1, -0.05) is 57.9 Å². The van der Waals surface area contributed by atoms with Gasteiger partial charge in [0, 0.05) is 6.04 Å². The summed E-state index contributed by atoms with van der Waals surface area (Å²) in [4.78, 5) is 0. The predicted molar refractivity (Wildman–Crippen MR) is 83.3 cm³/mol. The highest BCUT2D eigenvalue weighted by Crippen LogP contribution is 2.39. The zero-order valence-electron chi connectivity index (χ0n) is 12.9. The molecule has 1 N–H and O–H groups in total. The molecule has 0 bridgehead atoms. The molecular formula is C18H29N. The van der Waals surface area contributed by atoms with E-state index in [1.165, 1.54) is 36.8 Å². The van der Waals surface area contributed by atoms with E-state index in [-0.39, 0.29) is 0 Å². The average molecular weight is 259 g/mol. The van der Waals surface area contributed by atoms with Crippen molar-refractivity contribution in [1.82, 2.24) is 5.32 Å². The summed E-state index contributed by atoms with van der Waals surface area (Å²) < 4.78 is 0. The van der Waals surface area contributed by atoms with Crippen LogP contribution < -0.4 is 5.32 Å². The summed E-state index contributed by atoms with van der Waals surface area (Å²) in [6, 6.07) is 9.84. The average Bonchev–Trinajstić information content (AvgIpc) is 2.78. The number of hydrogen-bond acceptors (Lipinski definition) is 1. The second kappa shape index (κ2) is 6.56. The topological polar surface area (TPSA) is 12.0 Å². The second-order valence-corrected chi connectivity index (χ2v) is 6.68. The van der Waals surface area contributed by atoms with E-state index in [2.05, 4.69) is 57.4 Å². The lowest BCUT2D eigenvalue weighted by atomic mass is 9.85. The lowest BCUT2D eigenvalue weighted by Gasteiger charge is -2.27. The highest BCUT2D eigenvalue weighted by Gasteiger charge is 2.30. The van der Waals surface area contributed by atoms with Crippen LogP contribution in [0.15, 0.2) is 24.3 Å². The molecule has 0 aromatic heterocycles. The van der Waals surface area contributed by atoms with Crippen LogP contribution in [0.25, 0.3) is 0 Å². The fourth-order valence-corrected chi connectivity index (χ4v) is 3.63. The number of benzene rings is 1. The maximum atomic E-state index is 3.55. The molecule has 0 spiro atoms. The van der Waals surface area contributed by atoms with Crippen LogP contribution in [0.3, 0.4) is 0 Å². The zero-order valence-corrected chi connectivity index (χ0v) is 12.9. The Balaban J connectivity index is 2.10. The van der Waals surface area contributed by atoms with Gasteiger partial charge in [0.15, 0.2) is 0 Å². The molecule has 1 aliphatic rings. The molecule has 0 amide bonds. The first-order valence-corrected chi connectivity index (χ1v) is 7.88. The van der Waals surface area contributed by atoms with Gasteiger partial charge in [-0.2, -0.15) is 0 Å². The molecule has 1 aromatic rings. The molecule has 0 saturated heterocycles. The highest BCUT2D eigenvalue weighted by atomic mass is 14.9. The van der Waals surface area contributed by atoms with E-state index >= 15 is 0 Å². The molecule has 106 valence electrons. The molecule has 0 aliphatic heterocycles. The van der Waals surface area contributed by atoms with Gasteiger partial charge >= 0.3 is 0 Å². The minimum absolute atomic E-state index is 0.533. The maximum absolute atomic E-state index is 3.55. The third-order valence-electron chi connectivity index (χ3n) is 4.65. The first-order valence-electron chi connectivity index (χ1n) is 7.88. The predicted octanol–water partition coefficient (Wildman–Crippen LogP) is 4.58. The molecule has 0 heterocycles. The first kappa shape index (κ1) is 14.6.